The molecule has 0 aliphatic carbocycles. The Bertz CT molecular complexity index is 565. The normalized spacial score (nSPS) is 13.7. The number of aromatic nitrogens is 1. The molecule has 0 aliphatic rings. The summed E-state index contributed by atoms with van der Waals surface area (Å²) in [6, 6.07) is 8.28. The van der Waals surface area contributed by atoms with Gasteiger partial charge in [-0.05, 0) is 24.1 Å². The zero-order valence-corrected chi connectivity index (χ0v) is 11.0. The summed E-state index contributed by atoms with van der Waals surface area (Å²) >= 11 is 1.45. The van der Waals surface area contributed by atoms with Crippen LogP contribution in [-0.2, 0) is 0 Å². The van der Waals surface area contributed by atoms with Gasteiger partial charge in [0.25, 0.3) is 0 Å². The first-order chi connectivity index (χ1) is 9.26. The maximum Gasteiger partial charge on any atom is 0.123 e. The summed E-state index contributed by atoms with van der Waals surface area (Å²) in [6.45, 7) is -0.0178. The van der Waals surface area contributed by atoms with Gasteiger partial charge in [0.05, 0.1) is 17.5 Å². The van der Waals surface area contributed by atoms with E-state index >= 15 is 0 Å². The summed E-state index contributed by atoms with van der Waals surface area (Å²) in [4.78, 5) is 4.94. The molecule has 1 heterocycles. The van der Waals surface area contributed by atoms with Crippen molar-refractivity contribution in [3.05, 3.63) is 52.2 Å². The minimum absolute atomic E-state index is 0.0178. The molecular weight excluding hydrogens is 263 g/mol. The molecule has 3 nitrogen and oxygen atoms in total. The number of hydrogen-bond donors (Lipinski definition) is 1. The second-order valence-electron chi connectivity index (χ2n) is 4.18. The van der Waals surface area contributed by atoms with Gasteiger partial charge in [-0.2, -0.15) is 5.26 Å². The van der Waals surface area contributed by atoms with Gasteiger partial charge in [0.1, 0.15) is 5.82 Å². The van der Waals surface area contributed by atoms with E-state index in [4.69, 9.17) is 0 Å². The Morgan fingerprint density at radius 2 is 2.32 bits per heavy atom. The van der Waals surface area contributed by atoms with Gasteiger partial charge in [-0.15, -0.1) is 11.3 Å². The van der Waals surface area contributed by atoms with Crippen LogP contribution in [0.3, 0.4) is 0 Å². The molecule has 0 unspecified atom stereocenters. The van der Waals surface area contributed by atoms with E-state index in [-0.39, 0.29) is 18.3 Å². The van der Waals surface area contributed by atoms with E-state index < -0.39 is 5.92 Å². The standard InChI is InChI=1S/C14H13FN2OS/c15-11-3-1-2-10(6-11)13(7-16)12(4-5-18)14-8-17-9-19-14/h1-3,6,8-9,12-13,18H,4-5H2/t12-,13-/m0/s1. The fourth-order valence-corrected chi connectivity index (χ4v) is 2.91. The molecule has 0 aliphatic heterocycles. The van der Waals surface area contributed by atoms with Crippen molar-refractivity contribution in [3.63, 3.8) is 0 Å². The number of thiazole rings is 1. The van der Waals surface area contributed by atoms with E-state index in [1.54, 1.807) is 23.8 Å². The third-order valence-corrected chi connectivity index (χ3v) is 3.91. The summed E-state index contributed by atoms with van der Waals surface area (Å²) in [5, 5.41) is 18.6. The van der Waals surface area contributed by atoms with Crippen LogP contribution in [0.5, 0.6) is 0 Å². The lowest BCUT2D eigenvalue weighted by Gasteiger charge is -2.20. The van der Waals surface area contributed by atoms with Crippen LogP contribution in [0.1, 0.15) is 28.7 Å². The van der Waals surface area contributed by atoms with Crippen LogP contribution in [-0.4, -0.2) is 16.7 Å². The van der Waals surface area contributed by atoms with Gasteiger partial charge in [-0.25, -0.2) is 4.39 Å². The van der Waals surface area contributed by atoms with Crippen molar-refractivity contribution in [1.82, 2.24) is 4.98 Å². The molecule has 0 bridgehead atoms. The molecule has 19 heavy (non-hydrogen) atoms. The Balaban J connectivity index is 2.36. The highest BCUT2D eigenvalue weighted by Gasteiger charge is 2.25. The van der Waals surface area contributed by atoms with Crippen molar-refractivity contribution in [2.24, 2.45) is 0 Å². The molecule has 0 spiro atoms. The molecule has 1 aromatic carbocycles. The highest BCUT2D eigenvalue weighted by atomic mass is 32.1. The number of aliphatic hydroxyl groups is 1. The van der Waals surface area contributed by atoms with E-state index in [9.17, 15) is 14.8 Å². The molecule has 0 radical (unpaired) electrons. The van der Waals surface area contributed by atoms with Crippen LogP contribution in [0.2, 0.25) is 0 Å². The second kappa shape index (κ2) is 6.41. The van der Waals surface area contributed by atoms with Gasteiger partial charge < -0.3 is 5.11 Å². The topological polar surface area (TPSA) is 56.9 Å². The third kappa shape index (κ3) is 3.16. The quantitative estimate of drug-likeness (QED) is 0.913. The minimum Gasteiger partial charge on any atom is -0.396 e. The van der Waals surface area contributed by atoms with Crippen molar-refractivity contribution < 1.29 is 9.50 Å². The highest BCUT2D eigenvalue weighted by Crippen LogP contribution is 2.36. The van der Waals surface area contributed by atoms with E-state index in [1.165, 1.54) is 23.5 Å². The average Bonchev–Trinajstić information content (AvgIpc) is 2.92. The molecule has 2 rings (SSSR count). The predicted octanol–water partition coefficient (Wildman–Crippen LogP) is 3.06. The molecule has 0 saturated heterocycles. The van der Waals surface area contributed by atoms with Crippen molar-refractivity contribution in [2.45, 2.75) is 18.3 Å². The van der Waals surface area contributed by atoms with Gasteiger partial charge in [0.15, 0.2) is 0 Å². The van der Waals surface area contributed by atoms with Crippen molar-refractivity contribution >= 4 is 11.3 Å². The van der Waals surface area contributed by atoms with E-state index in [2.05, 4.69) is 11.1 Å². The molecule has 0 amide bonds. The van der Waals surface area contributed by atoms with Gasteiger partial charge in [0, 0.05) is 23.6 Å². The molecular formula is C14H13FN2OS. The van der Waals surface area contributed by atoms with Crippen LogP contribution in [0.4, 0.5) is 4.39 Å². The summed E-state index contributed by atoms with van der Waals surface area (Å²) in [5.74, 6) is -1.00. The van der Waals surface area contributed by atoms with Crippen LogP contribution >= 0.6 is 11.3 Å². The molecule has 98 valence electrons. The number of rotatable bonds is 5. The number of benzene rings is 1. The number of nitrogens with zero attached hydrogens (tertiary/aromatic N) is 2. The monoisotopic (exact) mass is 276 g/mol. The van der Waals surface area contributed by atoms with Crippen LogP contribution < -0.4 is 0 Å². The molecule has 2 aromatic rings. The highest BCUT2D eigenvalue weighted by molar-refractivity contribution is 7.09. The second-order valence-corrected chi connectivity index (χ2v) is 5.10. The Morgan fingerprint density at radius 1 is 1.47 bits per heavy atom. The summed E-state index contributed by atoms with van der Waals surface area (Å²) in [5.41, 5.74) is 2.33. The van der Waals surface area contributed by atoms with Crippen molar-refractivity contribution in [3.8, 4) is 6.07 Å². The number of halogens is 1. The van der Waals surface area contributed by atoms with E-state index in [0.29, 0.717) is 12.0 Å². The Labute approximate surface area is 115 Å². The fourth-order valence-electron chi connectivity index (χ4n) is 2.12. The molecule has 0 saturated carbocycles. The van der Waals surface area contributed by atoms with Crippen LogP contribution in [0, 0.1) is 17.1 Å². The van der Waals surface area contributed by atoms with Gasteiger partial charge >= 0.3 is 0 Å². The zero-order chi connectivity index (χ0) is 13.7. The lowest BCUT2D eigenvalue weighted by molar-refractivity contribution is 0.272. The maximum absolute atomic E-state index is 13.3. The lowest BCUT2D eigenvalue weighted by Crippen LogP contribution is -2.11. The lowest BCUT2D eigenvalue weighted by atomic mass is 9.84. The van der Waals surface area contributed by atoms with Gasteiger partial charge in [0.2, 0.25) is 0 Å². The van der Waals surface area contributed by atoms with Gasteiger partial charge in [-0.1, -0.05) is 12.1 Å². The van der Waals surface area contributed by atoms with Crippen LogP contribution in [0.15, 0.2) is 36.0 Å². The fraction of sp³-hybridized carbons (Fsp3) is 0.286. The summed E-state index contributed by atoms with van der Waals surface area (Å²) in [6.07, 6.45) is 2.16. The Hall–Kier alpha value is -1.77. The van der Waals surface area contributed by atoms with E-state index in [0.717, 1.165) is 4.88 Å². The molecule has 2 atom stereocenters. The smallest absolute Gasteiger partial charge is 0.123 e. The molecule has 1 aromatic heterocycles. The maximum atomic E-state index is 13.3. The number of hydrogen-bond acceptors (Lipinski definition) is 4. The number of nitriles is 1. The minimum atomic E-state index is -0.483. The average molecular weight is 276 g/mol. The van der Waals surface area contributed by atoms with Crippen LogP contribution in [0.25, 0.3) is 0 Å². The van der Waals surface area contributed by atoms with Gasteiger partial charge in [-0.3, -0.25) is 4.98 Å². The Kier molecular flexibility index (Phi) is 4.61. The Morgan fingerprint density at radius 3 is 2.89 bits per heavy atom. The first-order valence-electron chi connectivity index (χ1n) is 5.90. The van der Waals surface area contributed by atoms with E-state index in [1.807, 2.05) is 0 Å². The first kappa shape index (κ1) is 13.7. The predicted molar refractivity (Wildman–Crippen MR) is 71.3 cm³/mol. The summed E-state index contributed by atoms with van der Waals surface area (Å²) in [7, 11) is 0. The molecule has 5 heteroatoms. The summed E-state index contributed by atoms with van der Waals surface area (Å²) < 4.78 is 13.3. The first-order valence-corrected chi connectivity index (χ1v) is 6.78. The third-order valence-electron chi connectivity index (χ3n) is 3.01. The van der Waals surface area contributed by atoms with Crippen molar-refractivity contribution in [2.75, 3.05) is 6.61 Å². The molecule has 1 N–H and O–H groups in total. The zero-order valence-electron chi connectivity index (χ0n) is 10.2. The number of aliphatic hydroxyl groups excluding tert-OH is 1. The molecule has 0 fully saturated rings. The van der Waals surface area contributed by atoms with Crippen molar-refractivity contribution in [1.29, 1.82) is 5.26 Å². The SMILES string of the molecule is N#C[C@@H](c1cccc(F)c1)[C@H](CCO)c1cncs1. The largest absolute Gasteiger partial charge is 0.396 e.